The van der Waals surface area contributed by atoms with Gasteiger partial charge in [0.2, 0.25) is 0 Å². The summed E-state index contributed by atoms with van der Waals surface area (Å²) in [4.78, 5) is 3.93. The lowest BCUT2D eigenvalue weighted by Crippen LogP contribution is -1.92. The number of rotatable bonds is 1. The van der Waals surface area contributed by atoms with Crippen molar-refractivity contribution in [3.8, 4) is 0 Å². The van der Waals surface area contributed by atoms with Crippen molar-refractivity contribution >= 4 is 0 Å². The molecule has 0 aliphatic heterocycles. The molecule has 1 atom stereocenters. The molecule has 1 N–H and O–H groups in total. The second-order valence-corrected chi connectivity index (χ2v) is 1.93. The van der Waals surface area contributed by atoms with Crippen molar-refractivity contribution in [2.24, 2.45) is 0 Å². The van der Waals surface area contributed by atoms with Crippen LogP contribution in [0, 0.1) is 0 Å². The minimum absolute atomic E-state index is 0.453. The van der Waals surface area contributed by atoms with E-state index in [0.29, 0.717) is 0 Å². The first-order valence-electron chi connectivity index (χ1n) is 2.89. The summed E-state index contributed by atoms with van der Waals surface area (Å²) in [6.07, 6.45) is 1.22. The van der Waals surface area contributed by atoms with E-state index in [1.54, 1.807) is 19.2 Å². The standard InChI is InChI=1S/C7H9NO/c1-6(9)7-4-2-3-5-8-7/h2-6,9H,1H3/t6-/m1/s1. The van der Waals surface area contributed by atoms with Crippen LogP contribution < -0.4 is 0 Å². The molecule has 0 radical (unpaired) electrons. The Morgan fingerprint density at radius 2 is 2.33 bits per heavy atom. The largest absolute Gasteiger partial charge is 0.387 e. The molecule has 1 heterocycles. The number of hydrogen-bond acceptors (Lipinski definition) is 2. The molecular formula is C7H9NO. The maximum absolute atomic E-state index is 8.96. The van der Waals surface area contributed by atoms with Crippen LogP contribution in [0.2, 0.25) is 0 Å². The Labute approximate surface area is 54.2 Å². The Morgan fingerprint density at radius 3 is 2.67 bits per heavy atom. The van der Waals surface area contributed by atoms with Gasteiger partial charge in [0.25, 0.3) is 0 Å². The van der Waals surface area contributed by atoms with Gasteiger partial charge in [-0.05, 0) is 19.1 Å². The monoisotopic (exact) mass is 123 g/mol. The number of hydrogen-bond donors (Lipinski definition) is 1. The van der Waals surface area contributed by atoms with Crippen LogP contribution in [0.5, 0.6) is 0 Å². The van der Waals surface area contributed by atoms with Crippen molar-refractivity contribution in [1.29, 1.82) is 0 Å². The van der Waals surface area contributed by atoms with Crippen molar-refractivity contribution < 1.29 is 5.11 Å². The predicted octanol–water partition coefficient (Wildman–Crippen LogP) is 1.13. The predicted molar refractivity (Wildman–Crippen MR) is 34.9 cm³/mol. The molecule has 9 heavy (non-hydrogen) atoms. The lowest BCUT2D eigenvalue weighted by Gasteiger charge is -1.99. The topological polar surface area (TPSA) is 33.1 Å². The fraction of sp³-hybridized carbons (Fsp3) is 0.286. The van der Waals surface area contributed by atoms with E-state index in [9.17, 15) is 0 Å². The zero-order valence-corrected chi connectivity index (χ0v) is 5.28. The summed E-state index contributed by atoms with van der Waals surface area (Å²) in [5, 5.41) is 8.96. The van der Waals surface area contributed by atoms with Gasteiger partial charge in [0.1, 0.15) is 0 Å². The fourth-order valence-corrected chi connectivity index (χ4v) is 0.623. The van der Waals surface area contributed by atoms with E-state index in [1.807, 2.05) is 12.1 Å². The molecule has 0 saturated heterocycles. The minimum atomic E-state index is -0.453. The average molecular weight is 123 g/mol. The highest BCUT2D eigenvalue weighted by molar-refractivity contribution is 5.05. The number of aromatic nitrogens is 1. The van der Waals surface area contributed by atoms with Gasteiger partial charge in [-0.1, -0.05) is 6.07 Å². The molecule has 48 valence electrons. The number of aliphatic hydroxyl groups excluding tert-OH is 1. The molecule has 2 heteroatoms. The van der Waals surface area contributed by atoms with Crippen LogP contribution in [0.15, 0.2) is 24.4 Å². The molecule has 0 fully saturated rings. The van der Waals surface area contributed by atoms with Gasteiger partial charge < -0.3 is 5.11 Å². The molecule has 2 nitrogen and oxygen atoms in total. The van der Waals surface area contributed by atoms with Gasteiger partial charge in [0.15, 0.2) is 0 Å². The van der Waals surface area contributed by atoms with Gasteiger partial charge in [-0.3, -0.25) is 4.98 Å². The highest BCUT2D eigenvalue weighted by Gasteiger charge is 1.97. The van der Waals surface area contributed by atoms with Crippen LogP contribution in [0.3, 0.4) is 0 Å². The number of pyridine rings is 1. The molecule has 0 unspecified atom stereocenters. The fourth-order valence-electron chi connectivity index (χ4n) is 0.623. The van der Waals surface area contributed by atoms with Crippen molar-refractivity contribution in [2.75, 3.05) is 0 Å². The Morgan fingerprint density at radius 1 is 1.56 bits per heavy atom. The second kappa shape index (κ2) is 2.60. The molecule has 0 spiro atoms. The van der Waals surface area contributed by atoms with E-state index in [4.69, 9.17) is 5.11 Å². The van der Waals surface area contributed by atoms with Crippen molar-refractivity contribution in [1.82, 2.24) is 4.98 Å². The van der Waals surface area contributed by atoms with E-state index in [-0.39, 0.29) is 0 Å². The van der Waals surface area contributed by atoms with Crippen LogP contribution >= 0.6 is 0 Å². The third-order valence-electron chi connectivity index (χ3n) is 1.12. The zero-order valence-electron chi connectivity index (χ0n) is 5.28. The maximum atomic E-state index is 8.96. The average Bonchev–Trinajstić information content (AvgIpc) is 1.90. The quantitative estimate of drug-likeness (QED) is 0.607. The van der Waals surface area contributed by atoms with E-state index in [1.165, 1.54) is 0 Å². The van der Waals surface area contributed by atoms with Crippen LogP contribution in [-0.2, 0) is 0 Å². The molecule has 0 amide bonds. The third kappa shape index (κ3) is 1.50. The molecule has 0 aromatic carbocycles. The highest BCUT2D eigenvalue weighted by atomic mass is 16.3. The van der Waals surface area contributed by atoms with Gasteiger partial charge in [-0.25, -0.2) is 0 Å². The summed E-state index contributed by atoms with van der Waals surface area (Å²) in [6, 6.07) is 5.48. The molecule has 0 aliphatic carbocycles. The summed E-state index contributed by atoms with van der Waals surface area (Å²) in [6.45, 7) is 1.70. The number of aliphatic hydroxyl groups is 1. The maximum Gasteiger partial charge on any atom is 0.0931 e. The first-order valence-corrected chi connectivity index (χ1v) is 2.89. The summed E-state index contributed by atoms with van der Waals surface area (Å²) < 4.78 is 0. The van der Waals surface area contributed by atoms with Crippen LogP contribution in [0.4, 0.5) is 0 Å². The Hall–Kier alpha value is -0.890. The summed E-state index contributed by atoms with van der Waals surface area (Å²) >= 11 is 0. The van der Waals surface area contributed by atoms with Gasteiger partial charge >= 0.3 is 0 Å². The van der Waals surface area contributed by atoms with Crippen LogP contribution in [0.1, 0.15) is 18.7 Å². The van der Waals surface area contributed by atoms with Crippen LogP contribution in [-0.4, -0.2) is 10.1 Å². The van der Waals surface area contributed by atoms with E-state index in [0.717, 1.165) is 5.69 Å². The Balaban J connectivity index is 2.85. The SMILES string of the molecule is C[C@@H](O)c1ccccn1. The zero-order chi connectivity index (χ0) is 6.69. The smallest absolute Gasteiger partial charge is 0.0931 e. The lowest BCUT2D eigenvalue weighted by molar-refractivity contribution is 0.194. The first-order chi connectivity index (χ1) is 4.30. The van der Waals surface area contributed by atoms with Gasteiger partial charge in [-0.15, -0.1) is 0 Å². The summed E-state index contributed by atoms with van der Waals surface area (Å²) in [5.41, 5.74) is 0.720. The summed E-state index contributed by atoms with van der Waals surface area (Å²) in [5.74, 6) is 0. The summed E-state index contributed by atoms with van der Waals surface area (Å²) in [7, 11) is 0. The molecule has 1 aromatic heterocycles. The van der Waals surface area contributed by atoms with Gasteiger partial charge in [0, 0.05) is 6.20 Å². The normalized spacial score (nSPS) is 13.1. The Bertz CT molecular complexity index is 172. The van der Waals surface area contributed by atoms with E-state index >= 15 is 0 Å². The van der Waals surface area contributed by atoms with E-state index in [2.05, 4.69) is 4.98 Å². The van der Waals surface area contributed by atoms with Crippen molar-refractivity contribution in [2.45, 2.75) is 13.0 Å². The molecule has 0 bridgehead atoms. The highest BCUT2D eigenvalue weighted by Crippen LogP contribution is 2.05. The lowest BCUT2D eigenvalue weighted by atomic mass is 10.2. The molecular weight excluding hydrogens is 114 g/mol. The molecule has 1 aromatic rings. The van der Waals surface area contributed by atoms with Crippen molar-refractivity contribution in [3.05, 3.63) is 30.1 Å². The van der Waals surface area contributed by atoms with Crippen LogP contribution in [0.25, 0.3) is 0 Å². The second-order valence-electron chi connectivity index (χ2n) is 1.93. The minimum Gasteiger partial charge on any atom is -0.387 e. The molecule has 1 rings (SSSR count). The van der Waals surface area contributed by atoms with E-state index < -0.39 is 6.10 Å². The van der Waals surface area contributed by atoms with Crippen molar-refractivity contribution in [3.63, 3.8) is 0 Å². The van der Waals surface area contributed by atoms with Gasteiger partial charge in [0.05, 0.1) is 11.8 Å². The molecule has 0 aliphatic rings. The third-order valence-corrected chi connectivity index (χ3v) is 1.12. The molecule has 0 saturated carbocycles. The van der Waals surface area contributed by atoms with Gasteiger partial charge in [-0.2, -0.15) is 0 Å². The first kappa shape index (κ1) is 6.23. The Kier molecular flexibility index (Phi) is 1.80. The number of nitrogens with zero attached hydrogens (tertiary/aromatic N) is 1.